The van der Waals surface area contributed by atoms with Crippen molar-refractivity contribution in [3.8, 4) is 11.6 Å². The molecule has 39 heavy (non-hydrogen) atoms. The van der Waals surface area contributed by atoms with Crippen LogP contribution in [0.5, 0.6) is 5.88 Å². The molecule has 0 saturated carbocycles. The Bertz CT molecular complexity index is 1810. The van der Waals surface area contributed by atoms with Gasteiger partial charge in [0.15, 0.2) is 0 Å². The number of aromatic nitrogens is 3. The number of aryl methyl sites for hydroxylation is 1. The number of aromatic amines is 2. The molecule has 3 N–H and O–H groups in total. The summed E-state index contributed by atoms with van der Waals surface area (Å²) in [6.45, 7) is 2.07. The van der Waals surface area contributed by atoms with Gasteiger partial charge in [-0.3, -0.25) is 14.8 Å². The van der Waals surface area contributed by atoms with Crippen molar-refractivity contribution in [1.29, 1.82) is 0 Å². The molecule has 0 aliphatic heterocycles. The van der Waals surface area contributed by atoms with Crippen LogP contribution in [0.25, 0.3) is 16.6 Å². The maximum absolute atomic E-state index is 13.8. The van der Waals surface area contributed by atoms with Crippen LogP contribution in [0.15, 0.2) is 93.6 Å². The molecule has 2 heterocycles. The van der Waals surface area contributed by atoms with E-state index in [0.29, 0.717) is 16.6 Å². The van der Waals surface area contributed by atoms with E-state index in [-0.39, 0.29) is 12.3 Å². The summed E-state index contributed by atoms with van der Waals surface area (Å²) in [6.07, 6.45) is -2.47. The fraction of sp³-hybridized carbons (Fsp3) is 0.138. The summed E-state index contributed by atoms with van der Waals surface area (Å²) in [5, 5.41) is 12.2. The van der Waals surface area contributed by atoms with Gasteiger partial charge in [-0.1, -0.05) is 60.2 Å². The predicted octanol–water partition coefficient (Wildman–Crippen LogP) is 5.12. The third kappa shape index (κ3) is 5.00. The minimum absolute atomic E-state index is 0.0480. The molecule has 3 aromatic carbocycles. The normalized spacial score (nSPS) is 12.3. The van der Waals surface area contributed by atoms with Crippen molar-refractivity contribution < 1.29 is 18.3 Å². The van der Waals surface area contributed by atoms with Gasteiger partial charge in [-0.05, 0) is 37.1 Å². The molecular formula is C29H23F3N4O3. The Morgan fingerprint density at radius 1 is 0.974 bits per heavy atom. The molecule has 5 aromatic rings. The lowest BCUT2D eigenvalue weighted by molar-refractivity contribution is -0.137. The summed E-state index contributed by atoms with van der Waals surface area (Å²) in [6, 6.07) is 19.0. The van der Waals surface area contributed by atoms with Crippen molar-refractivity contribution in [3.63, 3.8) is 0 Å². The molecule has 0 unspecified atom stereocenters. The molecule has 198 valence electrons. The molecule has 0 saturated heterocycles. The average molecular weight is 533 g/mol. The molecule has 2 aromatic heterocycles. The Morgan fingerprint density at radius 3 is 2.41 bits per heavy atom. The minimum atomic E-state index is -4.81. The second-order valence-corrected chi connectivity index (χ2v) is 9.01. The summed E-state index contributed by atoms with van der Waals surface area (Å²) in [4.78, 5) is 35.6. The topological polar surface area (TPSA) is 103 Å². The van der Waals surface area contributed by atoms with E-state index in [9.17, 15) is 27.9 Å². The number of rotatable bonds is 6. The number of halogens is 3. The van der Waals surface area contributed by atoms with E-state index in [4.69, 9.17) is 0 Å². The third-order valence-electron chi connectivity index (χ3n) is 6.42. The Labute approximate surface area is 219 Å². The van der Waals surface area contributed by atoms with Crippen molar-refractivity contribution in [2.75, 3.05) is 6.54 Å². The van der Waals surface area contributed by atoms with E-state index in [1.807, 2.05) is 37.4 Å². The molecule has 0 amide bonds. The van der Waals surface area contributed by atoms with Gasteiger partial charge in [0.05, 0.1) is 17.0 Å². The highest BCUT2D eigenvalue weighted by Gasteiger charge is 2.35. The number of aliphatic imine (C=N–C) groups is 1. The SMILES string of the molecule is Cc1ccc(C(=NCCc2c[nH]c3ccccc23)c2c(O)n(-c3ccccc3C(F)(F)F)c(=O)[nH]c2=O)cc1. The number of nitrogens with one attached hydrogen (secondary N) is 2. The molecular weight excluding hydrogens is 509 g/mol. The first-order valence-corrected chi connectivity index (χ1v) is 12.1. The lowest BCUT2D eigenvalue weighted by Gasteiger charge is -2.17. The number of aromatic hydroxyl groups is 1. The Hall–Kier alpha value is -4.86. The molecule has 0 fully saturated rings. The Kier molecular flexibility index (Phi) is 6.69. The second-order valence-electron chi connectivity index (χ2n) is 9.01. The Morgan fingerprint density at radius 2 is 1.67 bits per heavy atom. The van der Waals surface area contributed by atoms with Crippen LogP contribution in [-0.4, -0.2) is 31.9 Å². The van der Waals surface area contributed by atoms with E-state index in [2.05, 4.69) is 15.0 Å². The molecule has 0 aliphatic rings. The molecule has 0 radical (unpaired) electrons. The number of hydrogen-bond acceptors (Lipinski definition) is 4. The molecule has 0 spiro atoms. The smallest absolute Gasteiger partial charge is 0.418 e. The molecule has 0 bridgehead atoms. The lowest BCUT2D eigenvalue weighted by atomic mass is 10.0. The van der Waals surface area contributed by atoms with Crippen molar-refractivity contribution in [2.45, 2.75) is 19.5 Å². The minimum Gasteiger partial charge on any atom is -0.493 e. The summed E-state index contributed by atoms with van der Waals surface area (Å²) in [5.41, 5.74) is -0.972. The van der Waals surface area contributed by atoms with Crippen LogP contribution in [0.4, 0.5) is 13.2 Å². The Balaban J connectivity index is 1.66. The summed E-state index contributed by atoms with van der Waals surface area (Å²) < 4.78 is 41.7. The van der Waals surface area contributed by atoms with Crippen molar-refractivity contribution in [3.05, 3.63) is 128 Å². The maximum atomic E-state index is 13.8. The number of H-pyrrole nitrogens is 2. The van der Waals surface area contributed by atoms with E-state index >= 15 is 0 Å². The fourth-order valence-corrected chi connectivity index (χ4v) is 4.52. The molecule has 0 aliphatic carbocycles. The standard InChI is InChI=1S/C29H23F3N4O3/c1-17-10-12-18(13-11-17)25(33-15-14-19-16-34-22-8-4-2-6-20(19)22)24-26(37)35-28(39)36(27(24)38)23-9-5-3-7-21(23)29(30,31)32/h2-13,16,34,38H,14-15H2,1H3,(H,35,37,39). The zero-order chi connectivity index (χ0) is 27.7. The van der Waals surface area contributed by atoms with E-state index < -0.39 is 40.1 Å². The highest BCUT2D eigenvalue weighted by atomic mass is 19.4. The van der Waals surface area contributed by atoms with E-state index in [0.717, 1.165) is 34.2 Å². The number of nitrogens with zero attached hydrogens (tertiary/aromatic N) is 2. The number of alkyl halides is 3. The summed E-state index contributed by atoms with van der Waals surface area (Å²) in [5.74, 6) is -0.938. The number of benzene rings is 3. The van der Waals surface area contributed by atoms with Gasteiger partial charge in [0.25, 0.3) is 5.56 Å². The lowest BCUT2D eigenvalue weighted by Crippen LogP contribution is -2.34. The first-order chi connectivity index (χ1) is 18.6. The predicted molar refractivity (Wildman–Crippen MR) is 143 cm³/mol. The first-order valence-electron chi connectivity index (χ1n) is 12.1. The second kappa shape index (κ2) is 10.1. The van der Waals surface area contributed by atoms with Gasteiger partial charge < -0.3 is 10.1 Å². The molecule has 7 nitrogen and oxygen atoms in total. The summed E-state index contributed by atoms with van der Waals surface area (Å²) in [7, 11) is 0. The summed E-state index contributed by atoms with van der Waals surface area (Å²) >= 11 is 0. The van der Waals surface area contributed by atoms with Crippen LogP contribution in [0.2, 0.25) is 0 Å². The third-order valence-corrected chi connectivity index (χ3v) is 6.42. The zero-order valence-corrected chi connectivity index (χ0v) is 20.7. The number of fused-ring (bicyclic) bond motifs is 1. The van der Waals surface area contributed by atoms with Gasteiger partial charge in [0.1, 0.15) is 5.56 Å². The largest absolute Gasteiger partial charge is 0.493 e. The van der Waals surface area contributed by atoms with Crippen LogP contribution < -0.4 is 11.2 Å². The molecule has 10 heteroatoms. The zero-order valence-electron chi connectivity index (χ0n) is 20.7. The first kappa shape index (κ1) is 25.8. The van der Waals surface area contributed by atoms with Gasteiger partial charge in [0.2, 0.25) is 5.88 Å². The van der Waals surface area contributed by atoms with Crippen molar-refractivity contribution in [1.82, 2.24) is 14.5 Å². The van der Waals surface area contributed by atoms with Crippen molar-refractivity contribution >= 4 is 16.6 Å². The van der Waals surface area contributed by atoms with Crippen LogP contribution in [0.1, 0.15) is 27.8 Å². The number of para-hydroxylation sites is 2. The van der Waals surface area contributed by atoms with Crippen LogP contribution in [0.3, 0.4) is 0 Å². The van der Waals surface area contributed by atoms with Gasteiger partial charge in [-0.15, -0.1) is 0 Å². The highest BCUT2D eigenvalue weighted by molar-refractivity contribution is 6.14. The van der Waals surface area contributed by atoms with Crippen LogP contribution in [-0.2, 0) is 12.6 Å². The molecule has 5 rings (SSSR count). The van der Waals surface area contributed by atoms with Crippen LogP contribution >= 0.6 is 0 Å². The van der Waals surface area contributed by atoms with Crippen LogP contribution in [0, 0.1) is 6.92 Å². The molecule has 0 atom stereocenters. The van der Waals surface area contributed by atoms with Gasteiger partial charge >= 0.3 is 11.9 Å². The van der Waals surface area contributed by atoms with E-state index in [1.54, 1.807) is 24.3 Å². The van der Waals surface area contributed by atoms with Gasteiger partial charge in [-0.2, -0.15) is 13.2 Å². The fourth-order valence-electron chi connectivity index (χ4n) is 4.52. The van der Waals surface area contributed by atoms with E-state index in [1.165, 1.54) is 12.1 Å². The van der Waals surface area contributed by atoms with Crippen molar-refractivity contribution in [2.24, 2.45) is 4.99 Å². The monoisotopic (exact) mass is 532 g/mol. The maximum Gasteiger partial charge on any atom is 0.418 e. The highest BCUT2D eigenvalue weighted by Crippen LogP contribution is 2.34. The van der Waals surface area contributed by atoms with Gasteiger partial charge in [0, 0.05) is 29.2 Å². The number of hydrogen-bond donors (Lipinski definition) is 3. The average Bonchev–Trinajstić information content (AvgIpc) is 3.31. The quantitative estimate of drug-likeness (QED) is 0.265. The van der Waals surface area contributed by atoms with Gasteiger partial charge in [-0.25, -0.2) is 9.36 Å².